The molecule has 0 radical (unpaired) electrons. The summed E-state index contributed by atoms with van der Waals surface area (Å²) in [6.07, 6.45) is 12.2. The molecule has 0 spiro atoms. The van der Waals surface area contributed by atoms with E-state index in [0.29, 0.717) is 13.2 Å². The number of methoxy groups -OCH3 is 3. The summed E-state index contributed by atoms with van der Waals surface area (Å²) < 4.78 is 38.5. The summed E-state index contributed by atoms with van der Waals surface area (Å²) in [4.78, 5) is 11.4. The van der Waals surface area contributed by atoms with Crippen molar-refractivity contribution in [2.75, 3.05) is 41.5 Å². The van der Waals surface area contributed by atoms with Gasteiger partial charge in [-0.1, -0.05) is 36.4 Å². The highest BCUT2D eigenvalue weighted by Gasteiger charge is 2.21. The van der Waals surface area contributed by atoms with Crippen LogP contribution in [0.5, 0.6) is 5.75 Å². The fourth-order valence-corrected chi connectivity index (χ4v) is 3.41. The fraction of sp³-hybridized carbons (Fsp3) is 0.552. The highest BCUT2D eigenvalue weighted by atomic mass is 16.7. The van der Waals surface area contributed by atoms with Gasteiger partial charge in [0.1, 0.15) is 25.4 Å². The summed E-state index contributed by atoms with van der Waals surface area (Å²) in [5, 5.41) is 0. The van der Waals surface area contributed by atoms with Crippen molar-refractivity contribution in [1.29, 1.82) is 0 Å². The maximum absolute atomic E-state index is 11.4. The van der Waals surface area contributed by atoms with E-state index in [1.54, 1.807) is 28.3 Å². The van der Waals surface area contributed by atoms with Gasteiger partial charge >= 0.3 is 5.97 Å². The van der Waals surface area contributed by atoms with Crippen LogP contribution in [0.15, 0.2) is 61.2 Å². The van der Waals surface area contributed by atoms with Gasteiger partial charge in [0.15, 0.2) is 0 Å². The second-order valence-corrected chi connectivity index (χ2v) is 8.18. The fourth-order valence-electron chi connectivity index (χ4n) is 3.41. The molecule has 1 rings (SSSR count). The van der Waals surface area contributed by atoms with Crippen LogP contribution in [0.4, 0.5) is 0 Å². The van der Waals surface area contributed by atoms with E-state index in [0.717, 1.165) is 43.4 Å². The van der Waals surface area contributed by atoms with E-state index in [1.807, 2.05) is 48.6 Å². The summed E-state index contributed by atoms with van der Waals surface area (Å²) in [7, 11) is 4.82. The summed E-state index contributed by atoms with van der Waals surface area (Å²) in [5.74, 6) is 0.475. The Bertz CT molecular complexity index is 775. The van der Waals surface area contributed by atoms with Gasteiger partial charge in [-0.15, -0.1) is 6.58 Å². The van der Waals surface area contributed by atoms with Crippen LogP contribution in [0.1, 0.15) is 44.6 Å². The molecule has 0 amide bonds. The molecule has 0 fully saturated rings. The van der Waals surface area contributed by atoms with Crippen LogP contribution >= 0.6 is 0 Å². The van der Waals surface area contributed by atoms with E-state index >= 15 is 0 Å². The molecule has 8 heteroatoms. The van der Waals surface area contributed by atoms with Gasteiger partial charge in [0, 0.05) is 20.3 Å². The largest absolute Gasteiger partial charge is 0.497 e. The van der Waals surface area contributed by atoms with Crippen molar-refractivity contribution in [2.45, 2.75) is 63.9 Å². The quantitative estimate of drug-likeness (QED) is 0.0664. The highest BCUT2D eigenvalue weighted by molar-refractivity contribution is 5.81. The number of rotatable bonds is 22. The molecule has 0 N–H and O–H groups in total. The third kappa shape index (κ3) is 15.4. The number of carbonyl (C=O) groups is 1. The second kappa shape index (κ2) is 21.6. The molecule has 1 aromatic carbocycles. The lowest BCUT2D eigenvalue weighted by Crippen LogP contribution is -2.31. The molecule has 0 heterocycles. The molecule has 0 aliphatic rings. The summed E-state index contributed by atoms with van der Waals surface area (Å²) in [5.41, 5.74) is 1.04. The minimum Gasteiger partial charge on any atom is -0.497 e. The third-order valence-electron chi connectivity index (χ3n) is 5.34. The number of esters is 1. The lowest BCUT2D eigenvalue weighted by atomic mass is 10.0. The van der Waals surface area contributed by atoms with Crippen LogP contribution in [-0.4, -0.2) is 65.8 Å². The third-order valence-corrected chi connectivity index (χ3v) is 5.34. The molecule has 1 aromatic rings. The smallest absolute Gasteiger partial charge is 0.330 e. The zero-order chi connectivity index (χ0) is 27.1. The van der Waals surface area contributed by atoms with Crippen molar-refractivity contribution in [3.8, 4) is 5.75 Å². The van der Waals surface area contributed by atoms with Crippen molar-refractivity contribution in [2.24, 2.45) is 0 Å². The van der Waals surface area contributed by atoms with E-state index in [-0.39, 0.29) is 37.9 Å². The van der Waals surface area contributed by atoms with Gasteiger partial charge in [-0.2, -0.15) is 0 Å². The van der Waals surface area contributed by atoms with Crippen molar-refractivity contribution >= 4 is 5.97 Å². The molecule has 0 unspecified atom stereocenters. The minimum absolute atomic E-state index is 0.133. The van der Waals surface area contributed by atoms with Crippen molar-refractivity contribution in [3.63, 3.8) is 0 Å². The number of unbranched alkanes of at least 4 members (excludes halogenated alkanes) is 1. The van der Waals surface area contributed by atoms with Crippen LogP contribution < -0.4 is 4.74 Å². The number of ether oxygens (including phenoxy) is 7. The van der Waals surface area contributed by atoms with Gasteiger partial charge in [0.05, 0.1) is 32.5 Å². The van der Waals surface area contributed by atoms with Crippen LogP contribution in [0, 0.1) is 0 Å². The van der Waals surface area contributed by atoms with Gasteiger partial charge in [-0.3, -0.25) is 0 Å². The normalized spacial score (nSPS) is 14.1. The van der Waals surface area contributed by atoms with Gasteiger partial charge in [-0.05, 0) is 56.7 Å². The molecule has 208 valence electrons. The Labute approximate surface area is 222 Å². The van der Waals surface area contributed by atoms with Crippen molar-refractivity contribution in [3.05, 3.63) is 66.8 Å². The van der Waals surface area contributed by atoms with Gasteiger partial charge in [0.2, 0.25) is 0 Å². The molecule has 0 saturated heterocycles. The van der Waals surface area contributed by atoms with Gasteiger partial charge in [-0.25, -0.2) is 4.79 Å². The maximum Gasteiger partial charge on any atom is 0.330 e. The standard InChI is InChI=1S/C29H44O8/c1-6-8-13-27(35-21-24-15-17-25(33-5)18-16-24)28(37-23-32-4)20-19-26(36-22-31-3)12-10-9-11-14-29(30)34-7-2/h6,11,14-20,26-28H,1,7-10,12-13,21-23H2,2-5H3/b14-11+,20-19+/t26-,27-,28-/m0/s1. The zero-order valence-electron chi connectivity index (χ0n) is 22.8. The average molecular weight is 521 g/mol. The van der Waals surface area contributed by atoms with Crippen LogP contribution in [0.3, 0.4) is 0 Å². The average Bonchev–Trinajstić information content (AvgIpc) is 2.91. The Hall–Kier alpha value is -2.49. The number of benzene rings is 1. The molecule has 37 heavy (non-hydrogen) atoms. The predicted molar refractivity (Wildman–Crippen MR) is 143 cm³/mol. The molecule has 3 atom stereocenters. The van der Waals surface area contributed by atoms with Crippen LogP contribution in [0.2, 0.25) is 0 Å². The van der Waals surface area contributed by atoms with Gasteiger partial charge < -0.3 is 33.2 Å². The number of hydrogen-bond donors (Lipinski definition) is 0. The Morgan fingerprint density at radius 1 is 0.946 bits per heavy atom. The Morgan fingerprint density at radius 2 is 1.68 bits per heavy atom. The Kier molecular flexibility index (Phi) is 19.0. The monoisotopic (exact) mass is 520 g/mol. The number of allylic oxidation sites excluding steroid dienone is 2. The minimum atomic E-state index is -0.351. The van der Waals surface area contributed by atoms with Gasteiger partial charge in [0.25, 0.3) is 0 Å². The molecule has 0 aliphatic heterocycles. The number of carbonyl (C=O) groups excluding carboxylic acids is 1. The Morgan fingerprint density at radius 3 is 2.32 bits per heavy atom. The molecule has 0 aromatic heterocycles. The molecular formula is C29H44O8. The van der Waals surface area contributed by atoms with Crippen LogP contribution in [-0.2, 0) is 39.8 Å². The lowest BCUT2D eigenvalue weighted by molar-refractivity contribution is -0.137. The molecule has 0 aliphatic carbocycles. The van der Waals surface area contributed by atoms with Crippen molar-refractivity contribution < 1.29 is 38.0 Å². The molecule has 0 saturated carbocycles. The van der Waals surface area contributed by atoms with E-state index in [9.17, 15) is 4.79 Å². The summed E-state index contributed by atoms with van der Waals surface area (Å²) in [6.45, 7) is 6.74. The molecule has 8 nitrogen and oxygen atoms in total. The van der Waals surface area contributed by atoms with E-state index in [2.05, 4.69) is 6.58 Å². The second-order valence-electron chi connectivity index (χ2n) is 8.18. The summed E-state index contributed by atoms with van der Waals surface area (Å²) >= 11 is 0. The first-order chi connectivity index (χ1) is 18.1. The van der Waals surface area contributed by atoms with E-state index in [1.165, 1.54) is 6.08 Å². The van der Waals surface area contributed by atoms with E-state index in [4.69, 9.17) is 33.2 Å². The Balaban J connectivity index is 2.85. The first-order valence-corrected chi connectivity index (χ1v) is 12.7. The zero-order valence-corrected chi connectivity index (χ0v) is 22.8. The molecule has 0 bridgehead atoms. The number of hydrogen-bond acceptors (Lipinski definition) is 8. The van der Waals surface area contributed by atoms with E-state index < -0.39 is 0 Å². The molecular weight excluding hydrogens is 476 g/mol. The summed E-state index contributed by atoms with van der Waals surface area (Å²) in [6, 6.07) is 7.79. The predicted octanol–water partition coefficient (Wildman–Crippen LogP) is 5.37. The SMILES string of the molecule is C=CCC[C@H](OCc1ccc(OC)cc1)[C@H](/C=C/[C@H](CCC/C=C/C(=O)OCC)OCOC)OCOC. The highest BCUT2D eigenvalue weighted by Crippen LogP contribution is 2.19. The maximum atomic E-state index is 11.4. The van der Waals surface area contributed by atoms with Crippen molar-refractivity contribution in [1.82, 2.24) is 0 Å². The first kappa shape index (κ1) is 32.5. The topological polar surface area (TPSA) is 81.7 Å². The van der Waals surface area contributed by atoms with Crippen LogP contribution in [0.25, 0.3) is 0 Å². The first-order valence-electron chi connectivity index (χ1n) is 12.7. The lowest BCUT2D eigenvalue weighted by Gasteiger charge is -2.26.